The number of ketones is 1. The Balaban J connectivity index is 1.71. The van der Waals surface area contributed by atoms with Gasteiger partial charge in [-0.25, -0.2) is 4.39 Å². The van der Waals surface area contributed by atoms with Gasteiger partial charge in [-0.05, 0) is 56.9 Å². The summed E-state index contributed by atoms with van der Waals surface area (Å²) in [6.45, 7) is 4.97. The minimum Gasteiger partial charge on any atom is -0.457 e. The highest BCUT2D eigenvalue weighted by Gasteiger charge is 2.44. The third-order valence-electron chi connectivity index (χ3n) is 6.16. The Morgan fingerprint density at radius 3 is 2.57 bits per heavy atom. The van der Waals surface area contributed by atoms with E-state index in [0.29, 0.717) is 30.6 Å². The average molecular weight is 416 g/mol. The van der Waals surface area contributed by atoms with E-state index >= 15 is 0 Å². The summed E-state index contributed by atoms with van der Waals surface area (Å²) in [4.78, 5) is 25.8. The van der Waals surface area contributed by atoms with Crippen molar-refractivity contribution in [3.05, 3.63) is 58.7 Å². The molecule has 0 unspecified atom stereocenters. The summed E-state index contributed by atoms with van der Waals surface area (Å²) in [6, 6.07) is 7.99. The number of hydrogen-bond donors (Lipinski definition) is 0. The molecule has 0 aliphatic heterocycles. The molecule has 3 rings (SSSR count). The van der Waals surface area contributed by atoms with Crippen molar-refractivity contribution in [2.24, 2.45) is 0 Å². The van der Waals surface area contributed by atoms with Crippen LogP contribution in [0, 0.1) is 19.7 Å². The maximum atomic E-state index is 13.8. The molecule has 0 saturated heterocycles. The highest BCUT2D eigenvalue weighted by atomic mass is 19.1. The zero-order valence-electron chi connectivity index (χ0n) is 18.0. The quantitative estimate of drug-likeness (QED) is 0.343. The molecule has 1 aliphatic carbocycles. The number of halogens is 1. The fraction of sp³-hybridized carbons (Fsp3) is 0.500. The Morgan fingerprint density at radius 1 is 1.17 bits per heavy atom. The van der Waals surface area contributed by atoms with E-state index in [9.17, 15) is 14.0 Å². The van der Waals surface area contributed by atoms with Gasteiger partial charge in [0.1, 0.15) is 5.82 Å². The Kier molecular flexibility index (Phi) is 7.08. The molecule has 6 heteroatoms. The Bertz CT molecular complexity index is 912. The molecule has 0 atom stereocenters. The molecule has 0 amide bonds. The zero-order valence-corrected chi connectivity index (χ0v) is 18.0. The van der Waals surface area contributed by atoms with Gasteiger partial charge in [0.25, 0.3) is 0 Å². The van der Waals surface area contributed by atoms with Gasteiger partial charge in [0.2, 0.25) is 5.78 Å². The van der Waals surface area contributed by atoms with Crippen LogP contribution in [0.2, 0.25) is 0 Å². The van der Waals surface area contributed by atoms with Gasteiger partial charge in [-0.3, -0.25) is 9.59 Å². The van der Waals surface area contributed by atoms with Gasteiger partial charge in [0.15, 0.2) is 6.61 Å². The molecule has 5 nitrogen and oxygen atoms in total. The summed E-state index contributed by atoms with van der Waals surface area (Å²) in [7, 11) is 1.67. The number of nitrogens with zero attached hydrogens (tertiary/aromatic N) is 1. The molecule has 30 heavy (non-hydrogen) atoms. The Morgan fingerprint density at radius 2 is 1.90 bits per heavy atom. The van der Waals surface area contributed by atoms with Crippen molar-refractivity contribution >= 4 is 11.8 Å². The van der Waals surface area contributed by atoms with Crippen molar-refractivity contribution < 1.29 is 23.5 Å². The largest absolute Gasteiger partial charge is 0.457 e. The van der Waals surface area contributed by atoms with Crippen molar-refractivity contribution in [1.82, 2.24) is 4.57 Å². The lowest BCUT2D eigenvalue weighted by Crippen LogP contribution is -2.36. The molecule has 0 N–H and O–H groups in total. The standard InChI is InChI=1S/C24H30FNO4/c1-17-14-21(18(2)26(17)12-7-13-29-3)22(27)16-30-23(28)24(10-4-5-11-24)19-8-6-9-20(25)15-19/h6,8-9,14-15H,4-5,7,10-13,16H2,1-3H3. The van der Waals surface area contributed by atoms with Crippen LogP contribution >= 0.6 is 0 Å². The van der Waals surface area contributed by atoms with Gasteiger partial charge in [0, 0.05) is 37.2 Å². The number of methoxy groups -OCH3 is 1. The smallest absolute Gasteiger partial charge is 0.317 e. The second-order valence-electron chi connectivity index (χ2n) is 8.08. The molecular formula is C24H30FNO4. The molecular weight excluding hydrogens is 385 g/mol. The summed E-state index contributed by atoms with van der Waals surface area (Å²) < 4.78 is 26.5. The van der Waals surface area contributed by atoms with Crippen molar-refractivity contribution in [2.75, 3.05) is 20.3 Å². The van der Waals surface area contributed by atoms with Gasteiger partial charge in [-0.2, -0.15) is 0 Å². The number of ether oxygens (including phenoxy) is 2. The number of aryl methyl sites for hydroxylation is 1. The van der Waals surface area contributed by atoms with Gasteiger partial charge in [-0.15, -0.1) is 0 Å². The molecule has 1 aliphatic rings. The SMILES string of the molecule is COCCCn1c(C)cc(C(=O)COC(=O)C2(c3cccc(F)c3)CCCC2)c1C. The second-order valence-corrected chi connectivity index (χ2v) is 8.08. The van der Waals surface area contributed by atoms with Gasteiger partial charge in [-0.1, -0.05) is 25.0 Å². The molecule has 1 fully saturated rings. The van der Waals surface area contributed by atoms with Crippen LogP contribution in [0.15, 0.2) is 30.3 Å². The highest BCUT2D eigenvalue weighted by molar-refractivity contribution is 5.99. The fourth-order valence-corrected chi connectivity index (χ4v) is 4.52. The second kappa shape index (κ2) is 9.56. The summed E-state index contributed by atoms with van der Waals surface area (Å²) in [5.74, 6) is -1.03. The Labute approximate surface area is 177 Å². The summed E-state index contributed by atoms with van der Waals surface area (Å²) in [5.41, 5.74) is 2.20. The van der Waals surface area contributed by atoms with Crippen LogP contribution in [0.4, 0.5) is 4.39 Å². The Hall–Kier alpha value is -2.47. The van der Waals surface area contributed by atoms with Gasteiger partial charge >= 0.3 is 5.97 Å². The number of carbonyl (C=O) groups is 2. The third-order valence-corrected chi connectivity index (χ3v) is 6.16. The van der Waals surface area contributed by atoms with Crippen molar-refractivity contribution in [1.29, 1.82) is 0 Å². The van der Waals surface area contributed by atoms with E-state index < -0.39 is 11.4 Å². The first-order valence-electron chi connectivity index (χ1n) is 10.5. The fourth-order valence-electron chi connectivity index (χ4n) is 4.52. The normalized spacial score (nSPS) is 15.3. The summed E-state index contributed by atoms with van der Waals surface area (Å²) in [6.07, 6.45) is 3.82. The van der Waals surface area contributed by atoms with Gasteiger partial charge < -0.3 is 14.0 Å². The molecule has 162 valence electrons. The average Bonchev–Trinajstić information content (AvgIpc) is 3.33. The lowest BCUT2D eigenvalue weighted by atomic mass is 9.79. The molecule has 2 aromatic rings. The minimum absolute atomic E-state index is 0.221. The number of carbonyl (C=O) groups excluding carboxylic acids is 2. The number of aromatic nitrogens is 1. The maximum absolute atomic E-state index is 13.8. The van der Waals surface area contributed by atoms with Crippen LogP contribution in [0.5, 0.6) is 0 Å². The predicted octanol–water partition coefficient (Wildman–Crippen LogP) is 4.52. The van der Waals surface area contributed by atoms with E-state index in [4.69, 9.17) is 9.47 Å². The van der Waals surface area contributed by atoms with E-state index in [2.05, 4.69) is 4.57 Å². The molecule has 1 saturated carbocycles. The van der Waals surface area contributed by atoms with Crippen LogP contribution < -0.4 is 0 Å². The van der Waals surface area contributed by atoms with Gasteiger partial charge in [0.05, 0.1) is 5.41 Å². The third kappa shape index (κ3) is 4.48. The first kappa shape index (κ1) is 22.2. The van der Waals surface area contributed by atoms with Crippen molar-refractivity contribution in [3.63, 3.8) is 0 Å². The maximum Gasteiger partial charge on any atom is 0.317 e. The highest BCUT2D eigenvalue weighted by Crippen LogP contribution is 2.42. The number of Topliss-reactive ketones (excluding diaryl/α,β-unsaturated/α-hetero) is 1. The van der Waals surface area contributed by atoms with Crippen LogP contribution in [-0.2, 0) is 26.2 Å². The van der Waals surface area contributed by atoms with Crippen LogP contribution in [0.1, 0.15) is 59.4 Å². The predicted molar refractivity (Wildman–Crippen MR) is 112 cm³/mol. The van der Waals surface area contributed by atoms with E-state index in [1.54, 1.807) is 19.2 Å². The van der Waals surface area contributed by atoms with Crippen LogP contribution in [0.25, 0.3) is 0 Å². The molecule has 1 heterocycles. The monoisotopic (exact) mass is 415 g/mol. The van der Waals surface area contributed by atoms with Crippen molar-refractivity contribution in [2.45, 2.75) is 57.9 Å². The van der Waals surface area contributed by atoms with E-state index in [0.717, 1.165) is 37.2 Å². The lowest BCUT2D eigenvalue weighted by molar-refractivity contribution is -0.149. The van der Waals surface area contributed by atoms with Crippen LogP contribution in [0.3, 0.4) is 0 Å². The van der Waals surface area contributed by atoms with Crippen LogP contribution in [-0.4, -0.2) is 36.6 Å². The van der Waals surface area contributed by atoms with E-state index in [1.165, 1.54) is 12.1 Å². The molecule has 1 aromatic carbocycles. The van der Waals surface area contributed by atoms with E-state index in [1.807, 2.05) is 19.9 Å². The molecule has 1 aromatic heterocycles. The number of rotatable bonds is 9. The topological polar surface area (TPSA) is 57.5 Å². The molecule has 0 radical (unpaired) electrons. The molecule has 0 bridgehead atoms. The lowest BCUT2D eigenvalue weighted by Gasteiger charge is -2.27. The number of esters is 1. The first-order chi connectivity index (χ1) is 14.4. The summed E-state index contributed by atoms with van der Waals surface area (Å²) in [5, 5.41) is 0. The minimum atomic E-state index is -0.862. The first-order valence-corrected chi connectivity index (χ1v) is 10.5. The van der Waals surface area contributed by atoms with Crippen molar-refractivity contribution in [3.8, 4) is 0 Å². The number of hydrogen-bond acceptors (Lipinski definition) is 4. The number of benzene rings is 1. The van der Waals surface area contributed by atoms with E-state index in [-0.39, 0.29) is 18.2 Å². The zero-order chi connectivity index (χ0) is 21.7. The molecule has 0 spiro atoms. The summed E-state index contributed by atoms with van der Waals surface area (Å²) >= 11 is 0.